The van der Waals surface area contributed by atoms with Crippen molar-refractivity contribution in [3.8, 4) is 11.3 Å². The molecule has 0 N–H and O–H groups in total. The van der Waals surface area contributed by atoms with Crippen LogP contribution >= 0.6 is 11.6 Å². The van der Waals surface area contributed by atoms with Gasteiger partial charge < -0.3 is 9.47 Å². The maximum absolute atomic E-state index is 5.91. The predicted octanol–water partition coefficient (Wildman–Crippen LogP) is 5.03. The molecule has 0 aliphatic carbocycles. The fourth-order valence-electron chi connectivity index (χ4n) is 2.49. The minimum Gasteiger partial charge on any atom is -0.348 e. The summed E-state index contributed by atoms with van der Waals surface area (Å²) < 4.78 is 11.6. The Hall–Kier alpha value is -1.68. The van der Waals surface area contributed by atoms with E-state index >= 15 is 0 Å². The average Bonchev–Trinajstić information content (AvgIpc) is 2.61. The van der Waals surface area contributed by atoms with Gasteiger partial charge in [0.15, 0.2) is 6.29 Å². The van der Waals surface area contributed by atoms with Crippen molar-refractivity contribution < 1.29 is 9.47 Å². The van der Waals surface area contributed by atoms with E-state index in [1.807, 2.05) is 42.6 Å². The molecule has 0 unspecified atom stereocenters. The molecule has 3 nitrogen and oxygen atoms in total. The van der Waals surface area contributed by atoms with Crippen LogP contribution in [0.4, 0.5) is 0 Å². The Bertz CT molecular complexity index is 644. The molecule has 0 amide bonds. The van der Waals surface area contributed by atoms with Gasteiger partial charge in [0.25, 0.3) is 0 Å². The van der Waals surface area contributed by atoms with Gasteiger partial charge in [-0.3, -0.25) is 4.98 Å². The minimum atomic E-state index is -0.326. The molecular weight excluding hydrogens is 310 g/mol. The van der Waals surface area contributed by atoms with Gasteiger partial charge in [-0.15, -0.1) is 0 Å². The zero-order chi connectivity index (χ0) is 16.1. The van der Waals surface area contributed by atoms with Crippen molar-refractivity contribution in [3.63, 3.8) is 0 Å². The monoisotopic (exact) mass is 329 g/mol. The highest BCUT2D eigenvalue weighted by atomic mass is 35.5. The molecule has 1 saturated heterocycles. The van der Waals surface area contributed by atoms with Gasteiger partial charge >= 0.3 is 0 Å². The molecule has 23 heavy (non-hydrogen) atoms. The number of halogens is 1. The Balaban J connectivity index is 1.64. The molecule has 2 heterocycles. The second-order valence-electron chi connectivity index (χ2n) is 5.58. The number of hydrogen-bond donors (Lipinski definition) is 0. The Morgan fingerprint density at radius 2 is 1.87 bits per heavy atom. The van der Waals surface area contributed by atoms with Crippen molar-refractivity contribution in [1.29, 1.82) is 0 Å². The predicted molar refractivity (Wildman–Crippen MR) is 92.2 cm³/mol. The lowest BCUT2D eigenvalue weighted by atomic mass is 10.1. The Morgan fingerprint density at radius 3 is 2.48 bits per heavy atom. The average molecular weight is 330 g/mol. The van der Waals surface area contributed by atoms with Gasteiger partial charge in [-0.2, -0.15) is 0 Å². The van der Waals surface area contributed by atoms with Crippen LogP contribution in [-0.4, -0.2) is 18.2 Å². The lowest BCUT2D eigenvalue weighted by Crippen LogP contribution is -2.25. The van der Waals surface area contributed by atoms with E-state index in [4.69, 9.17) is 21.1 Å². The van der Waals surface area contributed by atoms with Crippen LogP contribution in [0.1, 0.15) is 25.2 Å². The minimum absolute atomic E-state index is 0.326. The molecule has 0 spiro atoms. The summed E-state index contributed by atoms with van der Waals surface area (Å²) in [6.45, 7) is 3.48. The summed E-state index contributed by atoms with van der Waals surface area (Å²) in [7, 11) is 0. The van der Waals surface area contributed by atoms with Crippen molar-refractivity contribution in [2.45, 2.75) is 19.6 Å². The Kier molecular flexibility index (Phi) is 5.44. The lowest BCUT2D eigenvalue weighted by Gasteiger charge is -2.28. The molecule has 4 heteroatoms. The molecule has 120 valence electrons. The summed E-state index contributed by atoms with van der Waals surface area (Å²) in [5.74, 6) is 0.340. The zero-order valence-electron chi connectivity index (χ0n) is 13.1. The van der Waals surface area contributed by atoms with Crippen LogP contribution in [0.5, 0.6) is 0 Å². The molecule has 1 fully saturated rings. The highest BCUT2D eigenvalue weighted by molar-refractivity contribution is 6.30. The van der Waals surface area contributed by atoms with Gasteiger partial charge in [-0.1, -0.05) is 48.9 Å². The fourth-order valence-corrected chi connectivity index (χ4v) is 2.61. The second kappa shape index (κ2) is 7.73. The van der Waals surface area contributed by atoms with Gasteiger partial charge in [-0.05, 0) is 24.6 Å². The summed E-state index contributed by atoms with van der Waals surface area (Å²) in [4.78, 5) is 4.51. The standard InChI is InChI=1S/C19H20ClNO2/c1-2-3-4-14-12-22-19(23-13-14)16-7-10-18(21-11-16)15-5-8-17(20)9-6-15/h3-11,14,19H,2,12-13H2,1H3/t14-,19-. The van der Waals surface area contributed by atoms with Crippen LogP contribution in [0, 0.1) is 5.92 Å². The first kappa shape index (κ1) is 16.2. The van der Waals surface area contributed by atoms with Crippen LogP contribution in [-0.2, 0) is 9.47 Å². The highest BCUT2D eigenvalue weighted by Crippen LogP contribution is 2.27. The third-order valence-corrected chi connectivity index (χ3v) is 4.02. The number of benzene rings is 1. The zero-order valence-corrected chi connectivity index (χ0v) is 13.9. The molecule has 1 aliphatic rings. The van der Waals surface area contributed by atoms with E-state index in [0.717, 1.165) is 28.3 Å². The van der Waals surface area contributed by atoms with E-state index in [1.54, 1.807) is 0 Å². The second-order valence-corrected chi connectivity index (χ2v) is 6.02. The Morgan fingerprint density at radius 1 is 1.13 bits per heavy atom. The lowest BCUT2D eigenvalue weighted by molar-refractivity contribution is -0.197. The fraction of sp³-hybridized carbons (Fsp3) is 0.316. The van der Waals surface area contributed by atoms with Crippen molar-refractivity contribution in [2.75, 3.05) is 13.2 Å². The van der Waals surface area contributed by atoms with E-state index in [1.165, 1.54) is 0 Å². The molecule has 1 aromatic carbocycles. The first-order chi connectivity index (χ1) is 11.3. The van der Waals surface area contributed by atoms with E-state index in [0.29, 0.717) is 19.1 Å². The number of aromatic nitrogens is 1. The maximum atomic E-state index is 5.91. The number of rotatable bonds is 4. The molecule has 1 aromatic heterocycles. The van der Waals surface area contributed by atoms with E-state index in [9.17, 15) is 0 Å². The molecule has 2 aromatic rings. The number of pyridine rings is 1. The summed E-state index contributed by atoms with van der Waals surface area (Å²) in [5.41, 5.74) is 2.89. The molecule has 0 atom stereocenters. The summed E-state index contributed by atoms with van der Waals surface area (Å²) in [6, 6.07) is 11.6. The van der Waals surface area contributed by atoms with Crippen molar-refractivity contribution in [3.05, 3.63) is 65.3 Å². The smallest absolute Gasteiger partial charge is 0.185 e. The molecule has 1 aliphatic heterocycles. The molecule has 0 bridgehead atoms. The van der Waals surface area contributed by atoms with Crippen LogP contribution in [0.15, 0.2) is 54.7 Å². The largest absolute Gasteiger partial charge is 0.348 e. The van der Waals surface area contributed by atoms with Crippen LogP contribution < -0.4 is 0 Å². The number of allylic oxidation sites excluding steroid dienone is 1. The van der Waals surface area contributed by atoms with E-state index in [2.05, 4.69) is 24.1 Å². The van der Waals surface area contributed by atoms with E-state index in [-0.39, 0.29) is 6.29 Å². The molecular formula is C19H20ClNO2. The number of hydrogen-bond acceptors (Lipinski definition) is 3. The van der Waals surface area contributed by atoms with Gasteiger partial charge in [-0.25, -0.2) is 0 Å². The number of ether oxygens (including phenoxy) is 2. The number of nitrogens with zero attached hydrogens (tertiary/aromatic N) is 1. The van der Waals surface area contributed by atoms with Gasteiger partial charge in [0.2, 0.25) is 0 Å². The van der Waals surface area contributed by atoms with Gasteiger partial charge in [0.1, 0.15) is 0 Å². The SMILES string of the molecule is CCC=C[C@H]1CO[C@H](c2ccc(-c3ccc(Cl)cc3)nc2)OC1. The molecule has 3 rings (SSSR count). The van der Waals surface area contributed by atoms with Gasteiger partial charge in [0.05, 0.1) is 18.9 Å². The molecule has 0 saturated carbocycles. The van der Waals surface area contributed by atoms with Crippen molar-refractivity contribution >= 4 is 11.6 Å². The van der Waals surface area contributed by atoms with Crippen LogP contribution in [0.25, 0.3) is 11.3 Å². The first-order valence-electron chi connectivity index (χ1n) is 7.88. The summed E-state index contributed by atoms with van der Waals surface area (Å²) in [6.07, 6.45) is 6.85. The van der Waals surface area contributed by atoms with Gasteiger partial charge in [0, 0.05) is 28.3 Å². The third-order valence-electron chi connectivity index (χ3n) is 3.77. The van der Waals surface area contributed by atoms with Crippen molar-refractivity contribution in [1.82, 2.24) is 4.98 Å². The topological polar surface area (TPSA) is 31.4 Å². The molecule has 0 radical (unpaired) electrons. The van der Waals surface area contributed by atoms with Crippen molar-refractivity contribution in [2.24, 2.45) is 5.92 Å². The maximum Gasteiger partial charge on any atom is 0.185 e. The van der Waals surface area contributed by atoms with E-state index < -0.39 is 0 Å². The third kappa shape index (κ3) is 4.20. The van der Waals surface area contributed by atoms with Crippen LogP contribution in [0.2, 0.25) is 5.02 Å². The highest BCUT2D eigenvalue weighted by Gasteiger charge is 2.22. The quantitative estimate of drug-likeness (QED) is 0.737. The Labute approximate surface area is 141 Å². The normalized spacial score (nSPS) is 21.7. The van der Waals surface area contributed by atoms with Crippen LogP contribution in [0.3, 0.4) is 0 Å². The summed E-state index contributed by atoms with van der Waals surface area (Å²) >= 11 is 5.91. The summed E-state index contributed by atoms with van der Waals surface area (Å²) in [5, 5.41) is 0.723. The first-order valence-corrected chi connectivity index (χ1v) is 8.26.